The number of amides is 1. The molecule has 0 aliphatic carbocycles. The van der Waals surface area contributed by atoms with E-state index in [1.807, 2.05) is 0 Å². The standard InChI is InChI=1S/C21H28N6O3/c1-13(2)26-9-7-16-15(12-26)19(28)25-18(24-16)17-6-4-5-8-27(17)20(29)14-10-22-21(30-3)23-11-14/h10-11,13,17H,4-9,12H2,1-3H3,(H,24,25,28)/t17-/m1/s1. The van der Waals surface area contributed by atoms with Gasteiger partial charge in [0.2, 0.25) is 0 Å². The van der Waals surface area contributed by atoms with Crippen LogP contribution in [0.3, 0.4) is 0 Å². The highest BCUT2D eigenvalue weighted by atomic mass is 16.5. The number of H-pyrrole nitrogens is 1. The second-order valence-corrected chi connectivity index (χ2v) is 8.16. The Labute approximate surface area is 175 Å². The summed E-state index contributed by atoms with van der Waals surface area (Å²) >= 11 is 0. The maximum absolute atomic E-state index is 13.2. The summed E-state index contributed by atoms with van der Waals surface area (Å²) in [6.07, 6.45) is 6.36. The smallest absolute Gasteiger partial charge is 0.316 e. The van der Waals surface area contributed by atoms with Crippen LogP contribution in [0.5, 0.6) is 6.01 Å². The fourth-order valence-corrected chi connectivity index (χ4v) is 4.22. The molecule has 4 rings (SSSR count). The Kier molecular flexibility index (Phi) is 5.80. The van der Waals surface area contributed by atoms with Crippen LogP contribution in [0.15, 0.2) is 17.2 Å². The summed E-state index contributed by atoms with van der Waals surface area (Å²) in [5.41, 5.74) is 1.91. The Bertz CT molecular complexity index is 972. The van der Waals surface area contributed by atoms with Crippen molar-refractivity contribution in [2.45, 2.75) is 58.2 Å². The van der Waals surface area contributed by atoms with Crippen molar-refractivity contribution in [3.63, 3.8) is 0 Å². The Morgan fingerprint density at radius 1 is 1.23 bits per heavy atom. The van der Waals surface area contributed by atoms with Crippen LogP contribution in [0, 0.1) is 0 Å². The number of fused-ring (bicyclic) bond motifs is 1. The minimum atomic E-state index is -0.255. The van der Waals surface area contributed by atoms with Gasteiger partial charge in [0.25, 0.3) is 11.5 Å². The third kappa shape index (κ3) is 3.94. The normalized spacial score (nSPS) is 19.6. The SMILES string of the molecule is COc1ncc(C(=O)N2CCCC[C@@H]2c2nc3c(c(=O)[nH]2)CN(C(C)C)CC3)cn1. The molecular formula is C21H28N6O3. The van der Waals surface area contributed by atoms with Crippen molar-refractivity contribution in [2.24, 2.45) is 0 Å². The number of likely N-dealkylation sites (tertiary alicyclic amines) is 1. The number of aromatic nitrogens is 4. The van der Waals surface area contributed by atoms with Crippen LogP contribution < -0.4 is 10.3 Å². The van der Waals surface area contributed by atoms with E-state index < -0.39 is 0 Å². The maximum Gasteiger partial charge on any atom is 0.316 e. The molecule has 0 aromatic carbocycles. The van der Waals surface area contributed by atoms with Crippen molar-refractivity contribution in [1.29, 1.82) is 0 Å². The molecule has 0 saturated carbocycles. The number of piperidine rings is 1. The Morgan fingerprint density at radius 2 is 2.00 bits per heavy atom. The molecule has 0 spiro atoms. The molecule has 30 heavy (non-hydrogen) atoms. The lowest BCUT2D eigenvalue weighted by Crippen LogP contribution is -2.42. The lowest BCUT2D eigenvalue weighted by Gasteiger charge is -2.36. The molecule has 0 unspecified atom stereocenters. The monoisotopic (exact) mass is 412 g/mol. The van der Waals surface area contributed by atoms with Gasteiger partial charge in [0, 0.05) is 44.5 Å². The molecule has 2 aliphatic heterocycles. The molecule has 0 bridgehead atoms. The van der Waals surface area contributed by atoms with Crippen molar-refractivity contribution in [3.05, 3.63) is 45.4 Å². The van der Waals surface area contributed by atoms with Crippen molar-refractivity contribution >= 4 is 5.91 Å². The van der Waals surface area contributed by atoms with Crippen LogP contribution in [0.2, 0.25) is 0 Å². The Morgan fingerprint density at radius 3 is 2.70 bits per heavy atom. The largest absolute Gasteiger partial charge is 0.467 e. The fourth-order valence-electron chi connectivity index (χ4n) is 4.22. The van der Waals surface area contributed by atoms with Gasteiger partial charge in [0.15, 0.2) is 0 Å². The number of rotatable bonds is 4. The average Bonchev–Trinajstić information content (AvgIpc) is 2.78. The van der Waals surface area contributed by atoms with Gasteiger partial charge in [-0.2, -0.15) is 0 Å². The fraction of sp³-hybridized carbons (Fsp3) is 0.571. The molecule has 2 aromatic heterocycles. The highest BCUT2D eigenvalue weighted by Gasteiger charge is 2.32. The number of hydrogen-bond acceptors (Lipinski definition) is 7. The van der Waals surface area contributed by atoms with Crippen LogP contribution in [0.25, 0.3) is 0 Å². The van der Waals surface area contributed by atoms with Gasteiger partial charge < -0.3 is 14.6 Å². The number of methoxy groups -OCH3 is 1. The van der Waals surface area contributed by atoms with Crippen molar-refractivity contribution in [3.8, 4) is 6.01 Å². The molecule has 1 saturated heterocycles. The number of nitrogens with one attached hydrogen (secondary N) is 1. The number of carbonyl (C=O) groups excluding carboxylic acids is 1. The Balaban J connectivity index is 1.62. The van der Waals surface area contributed by atoms with E-state index in [-0.39, 0.29) is 23.5 Å². The van der Waals surface area contributed by atoms with E-state index in [4.69, 9.17) is 9.72 Å². The lowest BCUT2D eigenvalue weighted by atomic mass is 9.99. The zero-order chi connectivity index (χ0) is 21.3. The molecule has 4 heterocycles. The molecule has 9 nitrogen and oxygen atoms in total. The van der Waals surface area contributed by atoms with Crippen LogP contribution in [0.4, 0.5) is 0 Å². The van der Waals surface area contributed by atoms with E-state index in [1.165, 1.54) is 19.5 Å². The van der Waals surface area contributed by atoms with Crippen molar-refractivity contribution in [2.75, 3.05) is 20.2 Å². The Hall–Kier alpha value is -2.81. The first kappa shape index (κ1) is 20.5. The summed E-state index contributed by atoms with van der Waals surface area (Å²) in [5.74, 6) is 0.424. The van der Waals surface area contributed by atoms with Crippen LogP contribution >= 0.6 is 0 Å². The molecular weight excluding hydrogens is 384 g/mol. The molecule has 1 amide bonds. The second-order valence-electron chi connectivity index (χ2n) is 8.16. The van der Waals surface area contributed by atoms with Gasteiger partial charge in [-0.15, -0.1) is 0 Å². The van der Waals surface area contributed by atoms with E-state index in [1.54, 1.807) is 4.90 Å². The van der Waals surface area contributed by atoms with Crippen molar-refractivity contribution < 1.29 is 9.53 Å². The number of nitrogens with zero attached hydrogens (tertiary/aromatic N) is 5. The van der Waals surface area contributed by atoms with E-state index in [0.29, 0.717) is 30.5 Å². The number of carbonyl (C=O) groups is 1. The summed E-state index contributed by atoms with van der Waals surface area (Å²) in [6, 6.07) is 0.350. The first-order valence-electron chi connectivity index (χ1n) is 10.5. The predicted molar refractivity (Wildman–Crippen MR) is 110 cm³/mol. The number of aromatic amines is 1. The number of hydrogen-bond donors (Lipinski definition) is 1. The third-order valence-electron chi connectivity index (χ3n) is 5.98. The van der Waals surface area contributed by atoms with Crippen LogP contribution in [-0.2, 0) is 13.0 Å². The average molecular weight is 412 g/mol. The molecule has 0 radical (unpaired) electrons. The molecule has 160 valence electrons. The minimum Gasteiger partial charge on any atom is -0.467 e. The van der Waals surface area contributed by atoms with Gasteiger partial charge in [0.1, 0.15) is 5.82 Å². The first-order valence-corrected chi connectivity index (χ1v) is 10.5. The molecule has 1 atom stereocenters. The van der Waals surface area contributed by atoms with Gasteiger partial charge in [-0.05, 0) is 33.1 Å². The summed E-state index contributed by atoms with van der Waals surface area (Å²) in [5, 5.41) is 0. The zero-order valence-corrected chi connectivity index (χ0v) is 17.7. The predicted octanol–water partition coefficient (Wildman–Crippen LogP) is 1.70. The molecule has 2 aliphatic rings. The van der Waals surface area contributed by atoms with Crippen LogP contribution in [-0.4, -0.2) is 61.9 Å². The van der Waals surface area contributed by atoms with E-state index in [2.05, 4.69) is 33.7 Å². The highest BCUT2D eigenvalue weighted by molar-refractivity contribution is 5.94. The molecule has 2 aromatic rings. The topological polar surface area (TPSA) is 104 Å². The van der Waals surface area contributed by atoms with Gasteiger partial charge in [-0.1, -0.05) is 0 Å². The van der Waals surface area contributed by atoms with Gasteiger partial charge >= 0.3 is 6.01 Å². The maximum atomic E-state index is 13.2. The molecule has 9 heteroatoms. The third-order valence-corrected chi connectivity index (χ3v) is 5.98. The van der Waals surface area contributed by atoms with Crippen molar-refractivity contribution in [1.82, 2.24) is 29.7 Å². The second kappa shape index (κ2) is 8.51. The lowest BCUT2D eigenvalue weighted by molar-refractivity contribution is 0.0597. The summed E-state index contributed by atoms with van der Waals surface area (Å²) in [4.78, 5) is 46.0. The van der Waals surface area contributed by atoms with Gasteiger partial charge in [0.05, 0.1) is 30.0 Å². The molecule has 1 N–H and O–H groups in total. The van der Waals surface area contributed by atoms with Gasteiger partial charge in [-0.3, -0.25) is 14.5 Å². The minimum absolute atomic E-state index is 0.0916. The van der Waals surface area contributed by atoms with E-state index >= 15 is 0 Å². The first-order chi connectivity index (χ1) is 14.5. The summed E-state index contributed by atoms with van der Waals surface area (Å²) < 4.78 is 4.97. The molecule has 1 fully saturated rings. The number of ether oxygens (including phenoxy) is 1. The van der Waals surface area contributed by atoms with Crippen LogP contribution in [0.1, 0.15) is 66.6 Å². The highest BCUT2D eigenvalue weighted by Crippen LogP contribution is 2.30. The van der Waals surface area contributed by atoms with E-state index in [0.717, 1.165) is 43.5 Å². The summed E-state index contributed by atoms with van der Waals surface area (Å²) in [7, 11) is 1.48. The summed E-state index contributed by atoms with van der Waals surface area (Å²) in [6.45, 7) is 6.38. The van der Waals surface area contributed by atoms with Gasteiger partial charge in [-0.25, -0.2) is 15.0 Å². The quantitative estimate of drug-likeness (QED) is 0.815. The zero-order valence-electron chi connectivity index (χ0n) is 17.7. The van der Waals surface area contributed by atoms with E-state index in [9.17, 15) is 9.59 Å².